The molecule has 3 nitrogen and oxygen atoms in total. The Morgan fingerprint density at radius 3 is 2.94 bits per heavy atom. The summed E-state index contributed by atoms with van der Waals surface area (Å²) < 4.78 is 15.1. The highest BCUT2D eigenvalue weighted by Crippen LogP contribution is 2.16. The number of hydrogen-bond acceptors (Lipinski definition) is 2. The van der Waals surface area contributed by atoms with E-state index >= 15 is 0 Å². The minimum absolute atomic E-state index is 0.220. The van der Waals surface area contributed by atoms with E-state index in [-0.39, 0.29) is 5.82 Å². The molecule has 0 saturated carbocycles. The summed E-state index contributed by atoms with van der Waals surface area (Å²) in [5, 5.41) is 3.39. The topological polar surface area (TPSA) is 29.9 Å². The van der Waals surface area contributed by atoms with Gasteiger partial charge < -0.3 is 9.88 Å². The summed E-state index contributed by atoms with van der Waals surface area (Å²) in [5.74, 6) is 0.716. The van der Waals surface area contributed by atoms with E-state index in [1.807, 2.05) is 11.6 Å². The molecular weight excluding hydrogens is 217 g/mol. The standard InChI is InChI=1S/C13H18FN3/c1-4-9(2)15-8-13-16-11-6-5-10(14)7-12(11)17(13)3/h5-7,9,15H,4,8H2,1-3H3. The Balaban J connectivity index is 2.26. The Kier molecular flexibility index (Phi) is 3.43. The maximum Gasteiger partial charge on any atom is 0.125 e. The average Bonchev–Trinajstić information content (AvgIpc) is 2.63. The van der Waals surface area contributed by atoms with Gasteiger partial charge in [0.25, 0.3) is 0 Å². The number of halogens is 1. The molecule has 0 spiro atoms. The summed E-state index contributed by atoms with van der Waals surface area (Å²) in [4.78, 5) is 4.49. The van der Waals surface area contributed by atoms with Gasteiger partial charge in [-0.15, -0.1) is 0 Å². The second-order valence-corrected chi connectivity index (χ2v) is 4.41. The van der Waals surface area contributed by atoms with Crippen LogP contribution >= 0.6 is 0 Å². The smallest absolute Gasteiger partial charge is 0.125 e. The fourth-order valence-electron chi connectivity index (χ4n) is 1.78. The van der Waals surface area contributed by atoms with Crippen LogP contribution in [0.15, 0.2) is 18.2 Å². The van der Waals surface area contributed by atoms with Crippen LogP contribution in [0.4, 0.5) is 4.39 Å². The zero-order valence-electron chi connectivity index (χ0n) is 10.5. The first-order valence-corrected chi connectivity index (χ1v) is 5.96. The maximum atomic E-state index is 13.1. The maximum absolute atomic E-state index is 13.1. The van der Waals surface area contributed by atoms with Gasteiger partial charge in [-0.2, -0.15) is 0 Å². The number of rotatable bonds is 4. The first kappa shape index (κ1) is 12.0. The fraction of sp³-hybridized carbons (Fsp3) is 0.462. The number of aryl methyl sites for hydroxylation is 1. The van der Waals surface area contributed by atoms with Crippen molar-refractivity contribution in [2.75, 3.05) is 0 Å². The number of nitrogens with one attached hydrogen (secondary N) is 1. The third kappa shape index (κ3) is 2.47. The number of fused-ring (bicyclic) bond motifs is 1. The predicted molar refractivity (Wildman–Crippen MR) is 67.3 cm³/mol. The van der Waals surface area contributed by atoms with Gasteiger partial charge in [0.15, 0.2) is 0 Å². The van der Waals surface area contributed by atoms with Crippen molar-refractivity contribution in [3.63, 3.8) is 0 Å². The van der Waals surface area contributed by atoms with E-state index in [0.717, 1.165) is 23.3 Å². The van der Waals surface area contributed by atoms with Crippen molar-refractivity contribution in [1.29, 1.82) is 0 Å². The van der Waals surface area contributed by atoms with Crippen LogP contribution < -0.4 is 5.32 Å². The number of aromatic nitrogens is 2. The molecule has 0 bridgehead atoms. The van der Waals surface area contributed by atoms with Crippen molar-refractivity contribution in [3.8, 4) is 0 Å². The van der Waals surface area contributed by atoms with E-state index in [2.05, 4.69) is 24.1 Å². The lowest BCUT2D eigenvalue weighted by Gasteiger charge is -2.10. The minimum atomic E-state index is -0.220. The second kappa shape index (κ2) is 4.84. The summed E-state index contributed by atoms with van der Waals surface area (Å²) in [6.07, 6.45) is 1.08. The molecule has 2 aromatic rings. The highest BCUT2D eigenvalue weighted by Gasteiger charge is 2.08. The summed E-state index contributed by atoms with van der Waals surface area (Å²) >= 11 is 0. The molecule has 1 aromatic heterocycles. The second-order valence-electron chi connectivity index (χ2n) is 4.41. The van der Waals surface area contributed by atoms with Crippen LogP contribution in [0.1, 0.15) is 26.1 Å². The molecule has 1 heterocycles. The summed E-state index contributed by atoms with van der Waals surface area (Å²) in [6.45, 7) is 4.99. The predicted octanol–water partition coefficient (Wildman–Crippen LogP) is 2.60. The molecular formula is C13H18FN3. The molecule has 0 aliphatic rings. The van der Waals surface area contributed by atoms with Crippen LogP contribution in [0.3, 0.4) is 0 Å². The fourth-order valence-corrected chi connectivity index (χ4v) is 1.78. The lowest BCUT2D eigenvalue weighted by Crippen LogP contribution is -2.25. The van der Waals surface area contributed by atoms with Crippen LogP contribution in [-0.4, -0.2) is 15.6 Å². The summed E-state index contributed by atoms with van der Waals surface area (Å²) in [7, 11) is 1.92. The number of benzene rings is 1. The molecule has 2 rings (SSSR count). The highest BCUT2D eigenvalue weighted by molar-refractivity contribution is 5.75. The highest BCUT2D eigenvalue weighted by atomic mass is 19.1. The molecule has 1 atom stereocenters. The summed E-state index contributed by atoms with van der Waals surface area (Å²) in [5.41, 5.74) is 1.68. The van der Waals surface area contributed by atoms with E-state index in [1.165, 1.54) is 12.1 Å². The SMILES string of the molecule is CCC(C)NCc1nc2ccc(F)cc2n1C. The zero-order chi connectivity index (χ0) is 12.4. The molecule has 92 valence electrons. The van der Waals surface area contributed by atoms with Gasteiger partial charge in [-0.05, 0) is 31.5 Å². The van der Waals surface area contributed by atoms with Crippen LogP contribution in [0, 0.1) is 5.82 Å². The van der Waals surface area contributed by atoms with Crippen molar-refractivity contribution >= 4 is 11.0 Å². The van der Waals surface area contributed by atoms with Crippen molar-refractivity contribution in [2.45, 2.75) is 32.9 Å². The summed E-state index contributed by atoms with van der Waals surface area (Å²) in [6, 6.07) is 5.15. The Hall–Kier alpha value is -1.42. The van der Waals surface area contributed by atoms with E-state index in [1.54, 1.807) is 6.07 Å². The third-order valence-electron chi connectivity index (χ3n) is 3.16. The van der Waals surface area contributed by atoms with E-state index in [0.29, 0.717) is 12.6 Å². The number of hydrogen-bond donors (Lipinski definition) is 1. The molecule has 1 N–H and O–H groups in total. The average molecular weight is 235 g/mol. The molecule has 17 heavy (non-hydrogen) atoms. The van der Waals surface area contributed by atoms with Gasteiger partial charge in [0.2, 0.25) is 0 Å². The lowest BCUT2D eigenvalue weighted by molar-refractivity contribution is 0.517. The minimum Gasteiger partial charge on any atom is -0.330 e. The molecule has 0 fully saturated rings. The molecule has 1 unspecified atom stereocenters. The third-order valence-corrected chi connectivity index (χ3v) is 3.16. The van der Waals surface area contributed by atoms with E-state index < -0.39 is 0 Å². The monoisotopic (exact) mass is 235 g/mol. The van der Waals surface area contributed by atoms with Crippen molar-refractivity contribution < 1.29 is 4.39 Å². The van der Waals surface area contributed by atoms with Gasteiger partial charge in [-0.3, -0.25) is 0 Å². The molecule has 0 aliphatic heterocycles. The van der Waals surface area contributed by atoms with Crippen LogP contribution in [0.25, 0.3) is 11.0 Å². The molecule has 4 heteroatoms. The van der Waals surface area contributed by atoms with Gasteiger partial charge in [0, 0.05) is 13.1 Å². The lowest BCUT2D eigenvalue weighted by atomic mass is 10.2. The first-order valence-electron chi connectivity index (χ1n) is 5.96. The van der Waals surface area contributed by atoms with Crippen LogP contribution in [0.2, 0.25) is 0 Å². The van der Waals surface area contributed by atoms with Crippen molar-refractivity contribution in [2.24, 2.45) is 7.05 Å². The molecule has 0 saturated heterocycles. The van der Waals surface area contributed by atoms with Crippen molar-refractivity contribution in [3.05, 3.63) is 29.8 Å². The van der Waals surface area contributed by atoms with E-state index in [9.17, 15) is 4.39 Å². The van der Waals surface area contributed by atoms with Gasteiger partial charge in [0.1, 0.15) is 11.6 Å². The van der Waals surface area contributed by atoms with Gasteiger partial charge in [-0.1, -0.05) is 6.92 Å². The largest absolute Gasteiger partial charge is 0.330 e. The van der Waals surface area contributed by atoms with Crippen molar-refractivity contribution in [1.82, 2.24) is 14.9 Å². The molecule has 0 amide bonds. The van der Waals surface area contributed by atoms with E-state index in [4.69, 9.17) is 0 Å². The molecule has 0 aliphatic carbocycles. The molecule has 0 radical (unpaired) electrons. The quantitative estimate of drug-likeness (QED) is 0.882. The Morgan fingerprint density at radius 2 is 2.24 bits per heavy atom. The Morgan fingerprint density at radius 1 is 1.47 bits per heavy atom. The zero-order valence-corrected chi connectivity index (χ0v) is 10.5. The Bertz CT molecular complexity index is 519. The normalized spacial score (nSPS) is 13.2. The van der Waals surface area contributed by atoms with Gasteiger partial charge >= 0.3 is 0 Å². The Labute approximate surface area is 101 Å². The number of imidazole rings is 1. The van der Waals surface area contributed by atoms with Gasteiger partial charge in [-0.25, -0.2) is 9.37 Å². The first-order chi connectivity index (χ1) is 8.11. The number of nitrogens with zero attached hydrogens (tertiary/aromatic N) is 2. The van der Waals surface area contributed by atoms with Crippen LogP contribution in [-0.2, 0) is 13.6 Å². The molecule has 1 aromatic carbocycles. The van der Waals surface area contributed by atoms with Crippen LogP contribution in [0.5, 0.6) is 0 Å². The van der Waals surface area contributed by atoms with Gasteiger partial charge in [0.05, 0.1) is 17.6 Å².